The van der Waals surface area contributed by atoms with Crippen molar-refractivity contribution in [2.45, 2.75) is 12.5 Å². The third-order valence-corrected chi connectivity index (χ3v) is 2.24. The normalized spacial score (nSPS) is 12.4. The highest BCUT2D eigenvalue weighted by Gasteiger charge is 2.18. The summed E-state index contributed by atoms with van der Waals surface area (Å²) < 4.78 is 37.3. The third kappa shape index (κ3) is 3.15. The highest BCUT2D eigenvalue weighted by atomic mass is 79.9. The predicted octanol–water partition coefficient (Wildman–Crippen LogP) is 3.27. The van der Waals surface area contributed by atoms with Crippen molar-refractivity contribution in [3.05, 3.63) is 34.1 Å². The summed E-state index contributed by atoms with van der Waals surface area (Å²) in [5, 5.41) is 0. The quantitative estimate of drug-likeness (QED) is 0.889. The smallest absolute Gasteiger partial charge is 0.257 e. The van der Waals surface area contributed by atoms with E-state index in [-0.39, 0.29) is 22.4 Å². The molecule has 80 valence electrons. The van der Waals surface area contributed by atoms with Gasteiger partial charge in [0.25, 0.3) is 6.43 Å². The summed E-state index contributed by atoms with van der Waals surface area (Å²) in [6.07, 6.45) is -2.68. The van der Waals surface area contributed by atoms with Crippen molar-refractivity contribution < 1.29 is 13.2 Å². The van der Waals surface area contributed by atoms with Crippen molar-refractivity contribution >= 4 is 28.3 Å². The van der Waals surface area contributed by atoms with Crippen LogP contribution < -0.4 is 5.73 Å². The Morgan fingerprint density at radius 1 is 1.29 bits per heavy atom. The Morgan fingerprint density at radius 2 is 1.86 bits per heavy atom. The molecule has 0 aromatic heterocycles. The highest BCUT2D eigenvalue weighted by molar-refractivity contribution is 9.10. The molecule has 2 N–H and O–H groups in total. The maximum absolute atomic E-state index is 12.9. The van der Waals surface area contributed by atoms with Gasteiger partial charge in [-0.15, -0.1) is 12.4 Å². The SMILES string of the molecule is Cl.N[C@H](c1ccc(Br)c(F)c1)C(F)F. The summed E-state index contributed by atoms with van der Waals surface area (Å²) in [5.41, 5.74) is 5.22. The minimum atomic E-state index is -2.68. The minimum Gasteiger partial charge on any atom is -0.319 e. The summed E-state index contributed by atoms with van der Waals surface area (Å²) in [7, 11) is 0. The van der Waals surface area contributed by atoms with Gasteiger partial charge in [0.15, 0.2) is 0 Å². The fraction of sp³-hybridized carbons (Fsp3) is 0.250. The van der Waals surface area contributed by atoms with Gasteiger partial charge in [0.2, 0.25) is 0 Å². The van der Waals surface area contributed by atoms with Crippen molar-refractivity contribution in [1.82, 2.24) is 0 Å². The molecule has 0 unspecified atom stereocenters. The van der Waals surface area contributed by atoms with Gasteiger partial charge in [-0.05, 0) is 33.6 Å². The molecule has 1 rings (SSSR count). The third-order valence-electron chi connectivity index (χ3n) is 1.60. The van der Waals surface area contributed by atoms with E-state index in [2.05, 4.69) is 15.9 Å². The molecule has 1 aromatic carbocycles. The van der Waals surface area contributed by atoms with Gasteiger partial charge in [0, 0.05) is 0 Å². The van der Waals surface area contributed by atoms with Crippen LogP contribution >= 0.6 is 28.3 Å². The van der Waals surface area contributed by atoms with Crippen LogP contribution in [0.1, 0.15) is 11.6 Å². The molecule has 14 heavy (non-hydrogen) atoms. The molecular formula is C8H8BrClF3N. The number of nitrogens with two attached hydrogens (primary N) is 1. The molecule has 6 heteroatoms. The van der Waals surface area contributed by atoms with Gasteiger partial charge in [-0.3, -0.25) is 0 Å². The van der Waals surface area contributed by atoms with Crippen LogP contribution in [0.3, 0.4) is 0 Å². The van der Waals surface area contributed by atoms with Crippen molar-refractivity contribution in [3.8, 4) is 0 Å². The molecule has 1 nitrogen and oxygen atoms in total. The van der Waals surface area contributed by atoms with Gasteiger partial charge in [-0.1, -0.05) is 6.07 Å². The second kappa shape index (κ2) is 5.58. The Bertz CT molecular complexity index is 309. The maximum atomic E-state index is 12.9. The van der Waals surface area contributed by atoms with E-state index in [0.717, 1.165) is 6.07 Å². The van der Waals surface area contributed by atoms with E-state index in [1.165, 1.54) is 12.1 Å². The number of halogens is 5. The molecule has 0 fully saturated rings. The molecular weight excluding hydrogens is 282 g/mol. The number of hydrogen-bond donors (Lipinski definition) is 1. The molecule has 1 atom stereocenters. The van der Waals surface area contributed by atoms with E-state index in [0.29, 0.717) is 0 Å². The van der Waals surface area contributed by atoms with E-state index in [9.17, 15) is 13.2 Å². The van der Waals surface area contributed by atoms with Crippen molar-refractivity contribution in [3.63, 3.8) is 0 Å². The summed E-state index contributed by atoms with van der Waals surface area (Å²) in [6, 6.07) is 2.29. The molecule has 0 radical (unpaired) electrons. The van der Waals surface area contributed by atoms with Crippen molar-refractivity contribution in [2.75, 3.05) is 0 Å². The fourth-order valence-electron chi connectivity index (χ4n) is 0.865. The first-order chi connectivity index (χ1) is 6.02. The first kappa shape index (κ1) is 13.7. The predicted molar refractivity (Wildman–Crippen MR) is 54.3 cm³/mol. The minimum absolute atomic E-state index is 0. The number of alkyl halides is 2. The monoisotopic (exact) mass is 289 g/mol. The molecule has 0 amide bonds. The highest BCUT2D eigenvalue weighted by Crippen LogP contribution is 2.22. The van der Waals surface area contributed by atoms with Gasteiger partial charge < -0.3 is 5.73 Å². The van der Waals surface area contributed by atoms with E-state index in [1.807, 2.05) is 0 Å². The zero-order valence-electron chi connectivity index (χ0n) is 6.88. The van der Waals surface area contributed by atoms with Gasteiger partial charge in [0.1, 0.15) is 5.82 Å². The average Bonchev–Trinajstić information content (AvgIpc) is 2.08. The second-order valence-electron chi connectivity index (χ2n) is 2.53. The Morgan fingerprint density at radius 3 is 2.29 bits per heavy atom. The van der Waals surface area contributed by atoms with Crippen LogP contribution in [0.2, 0.25) is 0 Å². The van der Waals surface area contributed by atoms with Crippen molar-refractivity contribution in [2.24, 2.45) is 5.73 Å². The topological polar surface area (TPSA) is 26.0 Å². The van der Waals surface area contributed by atoms with Crippen LogP contribution in [0, 0.1) is 5.82 Å². The van der Waals surface area contributed by atoms with E-state index >= 15 is 0 Å². The summed E-state index contributed by atoms with van der Waals surface area (Å²) >= 11 is 2.91. The molecule has 0 saturated carbocycles. The molecule has 0 aliphatic carbocycles. The van der Waals surface area contributed by atoms with E-state index in [4.69, 9.17) is 5.73 Å². The number of hydrogen-bond acceptors (Lipinski definition) is 1. The lowest BCUT2D eigenvalue weighted by molar-refractivity contribution is 0.116. The standard InChI is InChI=1S/C8H7BrF3N.ClH/c9-5-2-1-4(3-6(5)10)7(13)8(11)12;/h1-3,7-8H,13H2;1H/t7-;/m1./s1. The van der Waals surface area contributed by atoms with Crippen LogP contribution in [0.5, 0.6) is 0 Å². The summed E-state index contributed by atoms with van der Waals surface area (Å²) in [4.78, 5) is 0. The Labute approximate surface area is 94.0 Å². The summed E-state index contributed by atoms with van der Waals surface area (Å²) in [5.74, 6) is -0.589. The lowest BCUT2D eigenvalue weighted by Gasteiger charge is -2.10. The van der Waals surface area contributed by atoms with Crippen LogP contribution in [0.15, 0.2) is 22.7 Å². The van der Waals surface area contributed by atoms with Gasteiger partial charge in [0.05, 0.1) is 10.5 Å². The zero-order chi connectivity index (χ0) is 10.0. The van der Waals surface area contributed by atoms with Crippen molar-refractivity contribution in [1.29, 1.82) is 0 Å². The molecule has 0 spiro atoms. The second-order valence-corrected chi connectivity index (χ2v) is 3.39. The first-order valence-electron chi connectivity index (χ1n) is 3.51. The summed E-state index contributed by atoms with van der Waals surface area (Å²) in [6.45, 7) is 0. The van der Waals surface area contributed by atoms with E-state index in [1.54, 1.807) is 0 Å². The van der Waals surface area contributed by atoms with Crippen LogP contribution in [0.25, 0.3) is 0 Å². The van der Waals surface area contributed by atoms with Crippen LogP contribution in [-0.2, 0) is 0 Å². The average molecular weight is 291 g/mol. The van der Waals surface area contributed by atoms with Gasteiger partial charge in [-0.2, -0.15) is 0 Å². The van der Waals surface area contributed by atoms with Crippen LogP contribution in [0.4, 0.5) is 13.2 Å². The largest absolute Gasteiger partial charge is 0.319 e. The Balaban J connectivity index is 0.00000169. The number of benzene rings is 1. The maximum Gasteiger partial charge on any atom is 0.257 e. The lowest BCUT2D eigenvalue weighted by atomic mass is 10.1. The molecule has 0 aliphatic rings. The van der Waals surface area contributed by atoms with Crippen LogP contribution in [-0.4, -0.2) is 6.43 Å². The van der Waals surface area contributed by atoms with Gasteiger partial charge in [-0.25, -0.2) is 13.2 Å². The Hall–Kier alpha value is -0.260. The molecule has 1 aromatic rings. The molecule has 0 heterocycles. The molecule has 0 saturated heterocycles. The first-order valence-corrected chi connectivity index (χ1v) is 4.30. The lowest BCUT2D eigenvalue weighted by Crippen LogP contribution is -2.18. The van der Waals surface area contributed by atoms with E-state index < -0.39 is 18.3 Å². The fourth-order valence-corrected chi connectivity index (χ4v) is 1.11. The molecule has 0 aliphatic heterocycles. The Kier molecular flexibility index (Phi) is 5.48. The van der Waals surface area contributed by atoms with Gasteiger partial charge >= 0.3 is 0 Å². The zero-order valence-corrected chi connectivity index (χ0v) is 9.29. The molecule has 0 bridgehead atoms. The number of rotatable bonds is 2.